The van der Waals surface area contributed by atoms with Crippen LogP contribution in [0.3, 0.4) is 0 Å². The van der Waals surface area contributed by atoms with Gasteiger partial charge in [-0.1, -0.05) is 23.7 Å². The van der Waals surface area contributed by atoms with Gasteiger partial charge < -0.3 is 9.64 Å². The highest BCUT2D eigenvalue weighted by atomic mass is 35.5. The summed E-state index contributed by atoms with van der Waals surface area (Å²) in [4.78, 5) is 37.4. The lowest BCUT2D eigenvalue weighted by atomic mass is 9.96. The van der Waals surface area contributed by atoms with E-state index in [0.29, 0.717) is 42.9 Å². The summed E-state index contributed by atoms with van der Waals surface area (Å²) in [6, 6.07) is 11.6. The summed E-state index contributed by atoms with van der Waals surface area (Å²) in [5.41, 5.74) is 1.55. The molecule has 2 aromatic carbocycles. The van der Waals surface area contributed by atoms with E-state index in [4.69, 9.17) is 16.3 Å². The second-order valence-electron chi connectivity index (χ2n) is 7.38. The van der Waals surface area contributed by atoms with E-state index in [-0.39, 0.29) is 18.2 Å². The Balaban J connectivity index is 1.44. The molecule has 1 fully saturated rings. The molecule has 1 amide bonds. The van der Waals surface area contributed by atoms with Crippen molar-refractivity contribution in [3.63, 3.8) is 0 Å². The number of amides is 1. The van der Waals surface area contributed by atoms with Gasteiger partial charge in [0.15, 0.2) is 6.61 Å². The molecule has 0 unspecified atom stereocenters. The predicted octanol–water partition coefficient (Wildman–Crippen LogP) is 3.80. The Morgan fingerprint density at radius 2 is 1.90 bits per heavy atom. The van der Waals surface area contributed by atoms with Crippen molar-refractivity contribution in [2.75, 3.05) is 18.1 Å². The number of rotatable bonds is 5. The van der Waals surface area contributed by atoms with Crippen LogP contribution in [0, 0.1) is 10.1 Å². The number of carbonyl (C=O) groups excluding carboxylic acids is 2. The molecule has 8 heteroatoms. The summed E-state index contributed by atoms with van der Waals surface area (Å²) in [7, 11) is 0. The van der Waals surface area contributed by atoms with Gasteiger partial charge >= 0.3 is 5.97 Å². The molecule has 1 saturated carbocycles. The van der Waals surface area contributed by atoms with Crippen molar-refractivity contribution in [1.82, 2.24) is 0 Å². The van der Waals surface area contributed by atoms with Crippen molar-refractivity contribution in [2.24, 2.45) is 0 Å². The lowest BCUT2D eigenvalue weighted by Gasteiger charge is -2.29. The SMILES string of the molecule is O=C(COC(=O)C1(c2ccc(Cl)cc2)CC1)N1CCCc2cc([N+](=O)[O-])ccc21. The van der Waals surface area contributed by atoms with Crippen LogP contribution in [0.1, 0.15) is 30.4 Å². The number of nitrogens with zero attached hydrogens (tertiary/aromatic N) is 2. The first-order valence-corrected chi connectivity index (χ1v) is 9.79. The number of hydrogen-bond donors (Lipinski definition) is 0. The molecule has 29 heavy (non-hydrogen) atoms. The van der Waals surface area contributed by atoms with Gasteiger partial charge in [-0.2, -0.15) is 0 Å². The van der Waals surface area contributed by atoms with Crippen molar-refractivity contribution in [2.45, 2.75) is 31.1 Å². The zero-order chi connectivity index (χ0) is 20.6. The van der Waals surface area contributed by atoms with E-state index in [1.165, 1.54) is 17.0 Å². The van der Waals surface area contributed by atoms with Crippen molar-refractivity contribution < 1.29 is 19.2 Å². The number of carbonyl (C=O) groups is 2. The molecular formula is C21H19ClN2O5. The summed E-state index contributed by atoms with van der Waals surface area (Å²) < 4.78 is 5.37. The van der Waals surface area contributed by atoms with E-state index in [1.807, 2.05) is 12.1 Å². The maximum atomic E-state index is 12.7. The Labute approximate surface area is 172 Å². The second kappa shape index (κ2) is 7.48. The maximum Gasteiger partial charge on any atom is 0.317 e. The fourth-order valence-electron chi connectivity index (χ4n) is 3.80. The van der Waals surface area contributed by atoms with Crippen molar-refractivity contribution in [1.29, 1.82) is 0 Å². The van der Waals surface area contributed by atoms with E-state index in [1.54, 1.807) is 18.2 Å². The predicted molar refractivity (Wildman–Crippen MR) is 107 cm³/mol. The first kappa shape index (κ1) is 19.4. The summed E-state index contributed by atoms with van der Waals surface area (Å²) in [5, 5.41) is 11.6. The molecule has 0 aromatic heterocycles. The molecular weight excluding hydrogens is 396 g/mol. The Morgan fingerprint density at radius 3 is 2.55 bits per heavy atom. The molecule has 0 atom stereocenters. The molecule has 0 N–H and O–H groups in total. The normalized spacial score (nSPS) is 16.7. The van der Waals surface area contributed by atoms with Crippen LogP contribution in [0.5, 0.6) is 0 Å². The number of halogens is 1. The molecule has 1 aliphatic heterocycles. The Kier molecular flexibility index (Phi) is 5.00. The summed E-state index contributed by atoms with van der Waals surface area (Å²) in [6.07, 6.45) is 2.72. The van der Waals surface area contributed by atoms with Crippen molar-refractivity contribution >= 4 is 34.9 Å². The van der Waals surface area contributed by atoms with E-state index >= 15 is 0 Å². The molecule has 0 saturated heterocycles. The van der Waals surface area contributed by atoms with Gasteiger partial charge in [-0.25, -0.2) is 0 Å². The minimum atomic E-state index is -0.689. The third-order valence-electron chi connectivity index (χ3n) is 5.56. The lowest BCUT2D eigenvalue weighted by molar-refractivity contribution is -0.384. The average molecular weight is 415 g/mol. The van der Waals surface area contributed by atoms with E-state index in [9.17, 15) is 19.7 Å². The summed E-state index contributed by atoms with van der Waals surface area (Å²) in [6.45, 7) is 0.133. The number of benzene rings is 2. The number of fused-ring (bicyclic) bond motifs is 1. The third-order valence-corrected chi connectivity index (χ3v) is 5.81. The molecule has 0 spiro atoms. The smallest absolute Gasteiger partial charge is 0.317 e. The molecule has 4 rings (SSSR count). The molecule has 0 bridgehead atoms. The zero-order valence-electron chi connectivity index (χ0n) is 15.6. The van der Waals surface area contributed by atoms with Gasteiger partial charge in [0.25, 0.3) is 11.6 Å². The molecule has 0 radical (unpaired) electrons. The van der Waals surface area contributed by atoms with E-state index in [2.05, 4.69) is 0 Å². The monoisotopic (exact) mass is 414 g/mol. The molecule has 150 valence electrons. The number of aryl methyl sites for hydroxylation is 1. The Hall–Kier alpha value is -2.93. The minimum absolute atomic E-state index is 0.00289. The van der Waals surface area contributed by atoms with Gasteiger partial charge in [0.05, 0.1) is 10.3 Å². The van der Waals surface area contributed by atoms with Gasteiger partial charge in [0, 0.05) is 29.4 Å². The number of non-ortho nitro benzene ring substituents is 1. The van der Waals surface area contributed by atoms with Crippen molar-refractivity contribution in [3.8, 4) is 0 Å². The molecule has 1 heterocycles. The van der Waals surface area contributed by atoms with Gasteiger partial charge in [-0.05, 0) is 55.0 Å². The van der Waals surface area contributed by atoms with Crippen LogP contribution in [0.4, 0.5) is 11.4 Å². The van der Waals surface area contributed by atoms with Gasteiger partial charge in [0.1, 0.15) is 0 Å². The van der Waals surface area contributed by atoms with Crippen LogP contribution < -0.4 is 4.90 Å². The largest absolute Gasteiger partial charge is 0.455 e. The maximum absolute atomic E-state index is 12.7. The molecule has 1 aliphatic carbocycles. The number of nitro groups is 1. The number of ether oxygens (including phenoxy) is 1. The van der Waals surface area contributed by atoms with Crippen LogP contribution >= 0.6 is 11.6 Å². The third kappa shape index (κ3) is 3.70. The topological polar surface area (TPSA) is 89.8 Å². The Morgan fingerprint density at radius 1 is 1.17 bits per heavy atom. The number of esters is 1. The Bertz CT molecular complexity index is 985. The minimum Gasteiger partial charge on any atom is -0.455 e. The lowest BCUT2D eigenvalue weighted by Crippen LogP contribution is -2.39. The molecule has 2 aromatic rings. The fraction of sp³-hybridized carbons (Fsp3) is 0.333. The van der Waals surface area contributed by atoms with Gasteiger partial charge in [-0.15, -0.1) is 0 Å². The van der Waals surface area contributed by atoms with Crippen LogP contribution in [-0.4, -0.2) is 30.0 Å². The first-order chi connectivity index (χ1) is 13.9. The van der Waals surface area contributed by atoms with Gasteiger partial charge in [-0.3, -0.25) is 19.7 Å². The van der Waals surface area contributed by atoms with Crippen LogP contribution in [0.15, 0.2) is 42.5 Å². The number of nitro benzene ring substituents is 1. The molecule has 7 nitrogen and oxygen atoms in total. The van der Waals surface area contributed by atoms with Crippen molar-refractivity contribution in [3.05, 3.63) is 68.7 Å². The van der Waals surface area contributed by atoms with E-state index < -0.39 is 16.3 Å². The van der Waals surface area contributed by atoms with Crippen LogP contribution in [0.2, 0.25) is 5.02 Å². The zero-order valence-corrected chi connectivity index (χ0v) is 16.4. The average Bonchev–Trinajstić information content (AvgIpc) is 3.53. The summed E-state index contributed by atoms with van der Waals surface area (Å²) in [5.74, 6) is -0.742. The highest BCUT2D eigenvalue weighted by molar-refractivity contribution is 6.30. The highest BCUT2D eigenvalue weighted by Crippen LogP contribution is 2.49. The highest BCUT2D eigenvalue weighted by Gasteiger charge is 2.53. The second-order valence-corrected chi connectivity index (χ2v) is 7.82. The van der Waals surface area contributed by atoms with Gasteiger partial charge in [0.2, 0.25) is 0 Å². The number of anilines is 1. The summed E-state index contributed by atoms with van der Waals surface area (Å²) >= 11 is 5.92. The van der Waals surface area contributed by atoms with Crippen LogP contribution in [0.25, 0.3) is 0 Å². The molecule has 2 aliphatic rings. The quantitative estimate of drug-likeness (QED) is 0.421. The fourth-order valence-corrected chi connectivity index (χ4v) is 3.93. The standard InChI is InChI=1S/C21H19ClN2O5/c22-16-5-3-15(4-6-16)21(9-10-21)20(26)29-13-19(25)23-11-1-2-14-12-17(24(27)28)7-8-18(14)23/h3-8,12H,1-2,9-11,13H2. The van der Waals surface area contributed by atoms with E-state index in [0.717, 1.165) is 11.1 Å². The number of hydrogen-bond acceptors (Lipinski definition) is 5. The first-order valence-electron chi connectivity index (χ1n) is 9.42. The van der Waals surface area contributed by atoms with Crippen LogP contribution in [-0.2, 0) is 26.2 Å².